The molecule has 0 fully saturated rings. The first-order valence-electron chi connectivity index (χ1n) is 10.5. The summed E-state index contributed by atoms with van der Waals surface area (Å²) >= 11 is 0. The largest absolute Gasteiger partial charge is 0.352 e. The van der Waals surface area contributed by atoms with Gasteiger partial charge < -0.3 is 9.42 Å². The van der Waals surface area contributed by atoms with Crippen LogP contribution in [0.15, 0.2) is 89.5 Å². The molecule has 1 aliphatic heterocycles. The van der Waals surface area contributed by atoms with Gasteiger partial charge in [0, 0.05) is 24.0 Å². The van der Waals surface area contributed by atoms with E-state index in [1.165, 1.54) is 11.1 Å². The average molecular weight is 404 g/mol. The van der Waals surface area contributed by atoms with Crippen LogP contribution in [-0.4, -0.2) is 21.7 Å². The Bertz CT molecular complexity index is 1380. The van der Waals surface area contributed by atoms with Crippen LogP contribution < -0.4 is 4.90 Å². The van der Waals surface area contributed by atoms with Crippen molar-refractivity contribution < 1.29 is 4.52 Å². The molecule has 3 aromatic carbocycles. The normalized spacial score (nSPS) is 13.4. The highest BCUT2D eigenvalue weighted by atomic mass is 16.5. The lowest BCUT2D eigenvalue weighted by Crippen LogP contribution is -2.31. The quantitative estimate of drug-likeness (QED) is 0.397. The molecule has 0 saturated carbocycles. The van der Waals surface area contributed by atoms with E-state index in [0.29, 0.717) is 11.7 Å². The summed E-state index contributed by atoms with van der Waals surface area (Å²) in [5.74, 6) is 2.03. The number of fused-ring (bicyclic) bond motifs is 2. The average Bonchev–Trinajstić information content (AvgIpc) is 3.34. The number of aromatic nitrogens is 3. The SMILES string of the molecule is c1ccc(-c2noc(-c3cc(N4CCc5ccccc5C4)nc4ccccc34)n2)cc1. The lowest BCUT2D eigenvalue weighted by molar-refractivity contribution is 0.432. The number of benzene rings is 3. The van der Waals surface area contributed by atoms with Gasteiger partial charge in [0.15, 0.2) is 0 Å². The summed E-state index contributed by atoms with van der Waals surface area (Å²) in [4.78, 5) is 12.0. The Morgan fingerprint density at radius 2 is 1.55 bits per heavy atom. The molecular weight excluding hydrogens is 384 g/mol. The Labute approximate surface area is 180 Å². The number of hydrogen-bond donors (Lipinski definition) is 0. The van der Waals surface area contributed by atoms with E-state index in [1.54, 1.807) is 0 Å². The van der Waals surface area contributed by atoms with Crippen LogP contribution in [0.3, 0.4) is 0 Å². The van der Waals surface area contributed by atoms with Crippen molar-refractivity contribution in [1.29, 1.82) is 0 Å². The molecule has 5 nitrogen and oxygen atoms in total. The maximum Gasteiger partial charge on any atom is 0.259 e. The molecule has 0 aliphatic carbocycles. The second-order valence-corrected chi connectivity index (χ2v) is 7.77. The Balaban J connectivity index is 1.44. The summed E-state index contributed by atoms with van der Waals surface area (Å²) in [6.45, 7) is 1.78. The molecule has 0 spiro atoms. The van der Waals surface area contributed by atoms with Crippen LogP contribution in [0.4, 0.5) is 5.82 Å². The highest BCUT2D eigenvalue weighted by molar-refractivity contribution is 5.94. The first-order chi connectivity index (χ1) is 15.3. The molecule has 0 amide bonds. The van der Waals surface area contributed by atoms with Crippen LogP contribution in [0.25, 0.3) is 33.7 Å². The molecule has 5 aromatic rings. The van der Waals surface area contributed by atoms with Crippen LogP contribution >= 0.6 is 0 Å². The predicted octanol–water partition coefficient (Wildman–Crippen LogP) is 5.51. The standard InChI is InChI=1S/C26H20N4O/c1-2-9-19(10-3-1)25-28-26(31-29-25)22-16-24(27-23-13-7-6-12-21(22)23)30-15-14-18-8-4-5-11-20(18)17-30/h1-13,16H,14-15,17H2. The number of nitrogens with zero attached hydrogens (tertiary/aromatic N) is 4. The van der Waals surface area contributed by atoms with Gasteiger partial charge in [-0.2, -0.15) is 4.98 Å². The maximum atomic E-state index is 5.70. The molecule has 6 rings (SSSR count). The van der Waals surface area contributed by atoms with E-state index in [0.717, 1.165) is 47.4 Å². The van der Waals surface area contributed by atoms with Crippen molar-refractivity contribution in [3.63, 3.8) is 0 Å². The summed E-state index contributed by atoms with van der Waals surface area (Å²) in [6, 6.07) is 28.7. The number of rotatable bonds is 3. The lowest BCUT2D eigenvalue weighted by Gasteiger charge is -2.30. The fourth-order valence-electron chi connectivity index (χ4n) is 4.23. The number of hydrogen-bond acceptors (Lipinski definition) is 5. The van der Waals surface area contributed by atoms with Gasteiger partial charge >= 0.3 is 0 Å². The molecule has 0 radical (unpaired) electrons. The summed E-state index contributed by atoms with van der Waals surface area (Å²) in [6.07, 6.45) is 1.01. The topological polar surface area (TPSA) is 55.1 Å². The lowest BCUT2D eigenvalue weighted by atomic mass is 9.99. The summed E-state index contributed by atoms with van der Waals surface area (Å²) in [5, 5.41) is 5.23. The molecule has 0 N–H and O–H groups in total. The van der Waals surface area contributed by atoms with Gasteiger partial charge in [-0.25, -0.2) is 4.98 Å². The van der Waals surface area contributed by atoms with Gasteiger partial charge in [0.05, 0.1) is 11.1 Å². The zero-order chi connectivity index (χ0) is 20.6. The van der Waals surface area contributed by atoms with Crippen molar-refractivity contribution in [1.82, 2.24) is 15.1 Å². The predicted molar refractivity (Wildman–Crippen MR) is 122 cm³/mol. The van der Waals surface area contributed by atoms with Crippen LogP contribution in [-0.2, 0) is 13.0 Å². The fraction of sp³-hybridized carbons (Fsp3) is 0.115. The molecule has 0 saturated heterocycles. The minimum absolute atomic E-state index is 0.510. The van der Waals surface area contributed by atoms with Crippen molar-refractivity contribution in [3.8, 4) is 22.8 Å². The highest BCUT2D eigenvalue weighted by Gasteiger charge is 2.21. The van der Waals surface area contributed by atoms with Gasteiger partial charge in [0.1, 0.15) is 5.82 Å². The second kappa shape index (κ2) is 7.36. The molecule has 0 atom stereocenters. The Morgan fingerprint density at radius 1 is 0.774 bits per heavy atom. The van der Waals surface area contributed by atoms with Gasteiger partial charge in [-0.3, -0.25) is 0 Å². The zero-order valence-electron chi connectivity index (χ0n) is 16.9. The summed E-state index contributed by atoms with van der Waals surface area (Å²) in [7, 11) is 0. The van der Waals surface area contributed by atoms with Crippen molar-refractivity contribution in [2.45, 2.75) is 13.0 Å². The minimum Gasteiger partial charge on any atom is -0.352 e. The van der Waals surface area contributed by atoms with Crippen LogP contribution in [0, 0.1) is 0 Å². The van der Waals surface area contributed by atoms with E-state index in [-0.39, 0.29) is 0 Å². The molecule has 5 heteroatoms. The van der Waals surface area contributed by atoms with E-state index in [9.17, 15) is 0 Å². The van der Waals surface area contributed by atoms with Crippen molar-refractivity contribution >= 4 is 16.7 Å². The van der Waals surface area contributed by atoms with Gasteiger partial charge in [-0.1, -0.05) is 78.0 Å². The second-order valence-electron chi connectivity index (χ2n) is 7.77. The Morgan fingerprint density at radius 3 is 2.45 bits per heavy atom. The summed E-state index contributed by atoms with van der Waals surface area (Å²) in [5.41, 5.74) is 5.55. The maximum absolute atomic E-state index is 5.70. The Kier molecular flexibility index (Phi) is 4.24. The third kappa shape index (κ3) is 3.24. The summed E-state index contributed by atoms with van der Waals surface area (Å²) < 4.78 is 5.70. The molecule has 150 valence electrons. The molecule has 3 heterocycles. The van der Waals surface area contributed by atoms with Gasteiger partial charge in [0.25, 0.3) is 5.89 Å². The van der Waals surface area contributed by atoms with Crippen molar-refractivity contribution in [3.05, 3.63) is 96.1 Å². The number of pyridine rings is 1. The molecule has 31 heavy (non-hydrogen) atoms. The molecular formula is C26H20N4O. The minimum atomic E-state index is 0.510. The molecule has 1 aliphatic rings. The first-order valence-corrected chi connectivity index (χ1v) is 10.5. The third-order valence-electron chi connectivity index (χ3n) is 5.85. The third-order valence-corrected chi connectivity index (χ3v) is 5.85. The smallest absolute Gasteiger partial charge is 0.259 e. The molecule has 2 aromatic heterocycles. The van der Waals surface area contributed by atoms with Crippen LogP contribution in [0.1, 0.15) is 11.1 Å². The van der Waals surface area contributed by atoms with E-state index in [4.69, 9.17) is 14.5 Å². The van der Waals surface area contributed by atoms with E-state index < -0.39 is 0 Å². The van der Waals surface area contributed by atoms with Gasteiger partial charge in [0.2, 0.25) is 5.82 Å². The van der Waals surface area contributed by atoms with Crippen molar-refractivity contribution in [2.75, 3.05) is 11.4 Å². The van der Waals surface area contributed by atoms with E-state index in [1.807, 2.05) is 48.5 Å². The monoisotopic (exact) mass is 404 g/mol. The van der Waals surface area contributed by atoms with Gasteiger partial charge in [-0.15, -0.1) is 0 Å². The van der Waals surface area contributed by atoms with Crippen molar-refractivity contribution in [2.24, 2.45) is 0 Å². The van der Waals surface area contributed by atoms with E-state index >= 15 is 0 Å². The first kappa shape index (κ1) is 17.8. The highest BCUT2D eigenvalue weighted by Crippen LogP contribution is 2.33. The van der Waals surface area contributed by atoms with Crippen LogP contribution in [0.2, 0.25) is 0 Å². The Hall–Kier alpha value is -3.99. The number of para-hydroxylation sites is 1. The van der Waals surface area contributed by atoms with E-state index in [2.05, 4.69) is 46.5 Å². The molecule has 0 unspecified atom stereocenters. The zero-order valence-corrected chi connectivity index (χ0v) is 16.9. The fourth-order valence-corrected chi connectivity index (χ4v) is 4.23. The molecule has 0 bridgehead atoms. The van der Waals surface area contributed by atoms with Gasteiger partial charge in [-0.05, 0) is 29.7 Å². The van der Waals surface area contributed by atoms with Crippen LogP contribution in [0.5, 0.6) is 0 Å². The number of anilines is 1.